The molecule has 0 fully saturated rings. The summed E-state index contributed by atoms with van der Waals surface area (Å²) in [7, 11) is 0. The minimum Gasteiger partial charge on any atom is -0.396 e. The van der Waals surface area contributed by atoms with Gasteiger partial charge in [0.2, 0.25) is 0 Å². The monoisotopic (exact) mass is 361 g/mol. The van der Waals surface area contributed by atoms with E-state index in [2.05, 4.69) is 41.8 Å². The molecule has 1 aromatic rings. The lowest BCUT2D eigenvalue weighted by Crippen LogP contribution is -2.34. The topological polar surface area (TPSA) is 49.3 Å². The predicted molar refractivity (Wildman–Crippen MR) is 81.6 cm³/mol. The lowest BCUT2D eigenvalue weighted by atomic mass is 9.88. The number of aliphatic hydroxyl groups excluding tert-OH is 1. The number of nitrogens with one attached hydrogen (secondary N) is 1. The van der Waals surface area contributed by atoms with Crippen molar-refractivity contribution in [1.29, 1.82) is 0 Å². The molecule has 18 heavy (non-hydrogen) atoms. The van der Waals surface area contributed by atoms with Crippen LogP contribution in [0.2, 0.25) is 0 Å². The third kappa shape index (κ3) is 4.94. The summed E-state index contributed by atoms with van der Waals surface area (Å²) in [6.45, 7) is 5.02. The van der Waals surface area contributed by atoms with E-state index in [1.807, 2.05) is 24.3 Å². The van der Waals surface area contributed by atoms with Gasteiger partial charge in [-0.05, 0) is 53.0 Å². The summed E-state index contributed by atoms with van der Waals surface area (Å²) in [4.78, 5) is 12.0. The van der Waals surface area contributed by atoms with Crippen molar-refractivity contribution in [2.24, 2.45) is 5.41 Å². The SMILES string of the molecule is CC(C)(CCCO)CNC(=O)c1ccccc1I. The van der Waals surface area contributed by atoms with Crippen molar-refractivity contribution >= 4 is 28.5 Å². The molecule has 0 bridgehead atoms. The minimum absolute atomic E-state index is 0.0125. The van der Waals surface area contributed by atoms with Crippen LogP contribution in [0.15, 0.2) is 24.3 Å². The van der Waals surface area contributed by atoms with Gasteiger partial charge in [-0.1, -0.05) is 26.0 Å². The van der Waals surface area contributed by atoms with E-state index in [1.54, 1.807) is 0 Å². The van der Waals surface area contributed by atoms with Gasteiger partial charge < -0.3 is 10.4 Å². The highest BCUT2D eigenvalue weighted by Gasteiger charge is 2.19. The first-order chi connectivity index (χ1) is 8.46. The van der Waals surface area contributed by atoms with Crippen molar-refractivity contribution < 1.29 is 9.90 Å². The van der Waals surface area contributed by atoms with Gasteiger partial charge in [0.1, 0.15) is 0 Å². The number of rotatable bonds is 6. The van der Waals surface area contributed by atoms with Gasteiger partial charge in [0.25, 0.3) is 5.91 Å². The Bertz CT molecular complexity index is 405. The van der Waals surface area contributed by atoms with E-state index in [0.29, 0.717) is 6.54 Å². The lowest BCUT2D eigenvalue weighted by molar-refractivity contribution is 0.0932. The molecule has 0 saturated heterocycles. The molecule has 1 aromatic carbocycles. The summed E-state index contributed by atoms with van der Waals surface area (Å²) in [6.07, 6.45) is 1.67. The summed E-state index contributed by atoms with van der Waals surface area (Å²) in [6, 6.07) is 7.54. The molecule has 0 aliphatic heterocycles. The fraction of sp³-hybridized carbons (Fsp3) is 0.500. The van der Waals surface area contributed by atoms with Crippen molar-refractivity contribution in [3.63, 3.8) is 0 Å². The number of benzene rings is 1. The molecular formula is C14H20INO2. The number of amides is 1. The molecule has 0 heterocycles. The average molecular weight is 361 g/mol. The molecule has 0 aliphatic rings. The van der Waals surface area contributed by atoms with Gasteiger partial charge in [-0.3, -0.25) is 4.79 Å². The fourth-order valence-electron chi connectivity index (χ4n) is 1.71. The van der Waals surface area contributed by atoms with Crippen molar-refractivity contribution in [2.75, 3.05) is 13.2 Å². The summed E-state index contributed by atoms with van der Waals surface area (Å²) >= 11 is 2.16. The van der Waals surface area contributed by atoms with Crippen LogP contribution in [-0.4, -0.2) is 24.2 Å². The molecule has 0 spiro atoms. The van der Waals surface area contributed by atoms with Crippen LogP contribution in [0.4, 0.5) is 0 Å². The lowest BCUT2D eigenvalue weighted by Gasteiger charge is -2.24. The van der Waals surface area contributed by atoms with Crippen LogP contribution in [0.3, 0.4) is 0 Å². The molecule has 1 rings (SSSR count). The molecule has 100 valence electrons. The van der Waals surface area contributed by atoms with E-state index in [-0.39, 0.29) is 17.9 Å². The highest BCUT2D eigenvalue weighted by atomic mass is 127. The summed E-state index contributed by atoms with van der Waals surface area (Å²) in [5, 5.41) is 11.8. The van der Waals surface area contributed by atoms with Crippen LogP contribution in [-0.2, 0) is 0 Å². The van der Waals surface area contributed by atoms with E-state index < -0.39 is 0 Å². The predicted octanol–water partition coefficient (Wildman–Crippen LogP) is 2.82. The highest BCUT2D eigenvalue weighted by molar-refractivity contribution is 14.1. The van der Waals surface area contributed by atoms with Crippen molar-refractivity contribution in [3.8, 4) is 0 Å². The Morgan fingerprint density at radius 2 is 2.06 bits per heavy atom. The Hall–Kier alpha value is -0.620. The third-order valence-electron chi connectivity index (χ3n) is 2.86. The fourth-order valence-corrected chi connectivity index (χ4v) is 2.34. The molecule has 0 unspecified atom stereocenters. The molecule has 0 aromatic heterocycles. The Kier molecular flexibility index (Phi) is 6.08. The maximum atomic E-state index is 12.0. The zero-order valence-electron chi connectivity index (χ0n) is 10.9. The van der Waals surface area contributed by atoms with Gasteiger partial charge in [-0.15, -0.1) is 0 Å². The summed E-state index contributed by atoms with van der Waals surface area (Å²) in [5.74, 6) is -0.0305. The maximum absolute atomic E-state index is 12.0. The quantitative estimate of drug-likeness (QED) is 0.766. The second-order valence-corrected chi connectivity index (χ2v) is 6.32. The number of aliphatic hydroxyl groups is 1. The van der Waals surface area contributed by atoms with Crippen LogP contribution in [0.1, 0.15) is 37.0 Å². The van der Waals surface area contributed by atoms with Crippen molar-refractivity contribution in [2.45, 2.75) is 26.7 Å². The molecular weight excluding hydrogens is 341 g/mol. The first-order valence-corrected chi connectivity index (χ1v) is 7.18. The summed E-state index contributed by atoms with van der Waals surface area (Å²) < 4.78 is 0.959. The number of carbonyl (C=O) groups is 1. The van der Waals surface area contributed by atoms with E-state index in [1.165, 1.54) is 0 Å². The van der Waals surface area contributed by atoms with Crippen LogP contribution in [0, 0.1) is 8.99 Å². The molecule has 3 nitrogen and oxygen atoms in total. The van der Waals surface area contributed by atoms with Gasteiger partial charge in [0.05, 0.1) is 5.56 Å². The second-order valence-electron chi connectivity index (χ2n) is 5.15. The van der Waals surface area contributed by atoms with E-state index in [9.17, 15) is 4.79 Å². The first-order valence-electron chi connectivity index (χ1n) is 6.10. The largest absolute Gasteiger partial charge is 0.396 e. The first kappa shape index (κ1) is 15.4. The van der Waals surface area contributed by atoms with Crippen LogP contribution >= 0.6 is 22.6 Å². The Labute approximate surface area is 122 Å². The van der Waals surface area contributed by atoms with Gasteiger partial charge in [-0.25, -0.2) is 0 Å². The Morgan fingerprint density at radius 3 is 2.67 bits per heavy atom. The highest BCUT2D eigenvalue weighted by Crippen LogP contribution is 2.21. The van der Waals surface area contributed by atoms with Crippen LogP contribution < -0.4 is 5.32 Å². The molecule has 0 radical (unpaired) electrons. The number of hydrogen-bond donors (Lipinski definition) is 2. The molecule has 0 atom stereocenters. The number of halogens is 1. The van der Waals surface area contributed by atoms with Crippen molar-refractivity contribution in [3.05, 3.63) is 33.4 Å². The molecule has 2 N–H and O–H groups in total. The zero-order valence-corrected chi connectivity index (χ0v) is 13.0. The van der Waals surface area contributed by atoms with Gasteiger partial charge >= 0.3 is 0 Å². The zero-order chi connectivity index (χ0) is 13.6. The van der Waals surface area contributed by atoms with E-state index in [4.69, 9.17) is 5.11 Å². The Morgan fingerprint density at radius 1 is 1.39 bits per heavy atom. The average Bonchev–Trinajstić information content (AvgIpc) is 2.34. The standard InChI is InChI=1S/C14H20INO2/c1-14(2,8-5-9-17)10-16-13(18)11-6-3-4-7-12(11)15/h3-4,6-7,17H,5,8-10H2,1-2H3,(H,16,18). The minimum atomic E-state index is -0.0305. The normalized spacial score (nSPS) is 11.3. The maximum Gasteiger partial charge on any atom is 0.252 e. The van der Waals surface area contributed by atoms with E-state index >= 15 is 0 Å². The Balaban J connectivity index is 2.54. The molecule has 0 aliphatic carbocycles. The molecule has 4 heteroatoms. The van der Waals surface area contributed by atoms with Crippen molar-refractivity contribution in [1.82, 2.24) is 5.32 Å². The molecule has 1 amide bonds. The molecule has 0 saturated carbocycles. The van der Waals surface area contributed by atoms with Crippen LogP contribution in [0.25, 0.3) is 0 Å². The smallest absolute Gasteiger partial charge is 0.252 e. The number of carbonyl (C=O) groups excluding carboxylic acids is 1. The van der Waals surface area contributed by atoms with Gasteiger partial charge in [-0.2, -0.15) is 0 Å². The second kappa shape index (κ2) is 7.09. The third-order valence-corrected chi connectivity index (χ3v) is 3.80. The van der Waals surface area contributed by atoms with Gasteiger partial charge in [0, 0.05) is 16.7 Å². The van der Waals surface area contributed by atoms with Gasteiger partial charge in [0.15, 0.2) is 0 Å². The number of hydrogen-bond acceptors (Lipinski definition) is 2. The summed E-state index contributed by atoms with van der Waals surface area (Å²) in [5.41, 5.74) is 0.731. The van der Waals surface area contributed by atoms with Crippen LogP contribution in [0.5, 0.6) is 0 Å². The van der Waals surface area contributed by atoms with E-state index in [0.717, 1.165) is 22.0 Å².